The van der Waals surface area contributed by atoms with Gasteiger partial charge in [0.15, 0.2) is 11.5 Å². The van der Waals surface area contributed by atoms with Gasteiger partial charge in [-0.15, -0.1) is 0 Å². The molecule has 0 saturated heterocycles. The molecule has 6 nitrogen and oxygen atoms in total. The summed E-state index contributed by atoms with van der Waals surface area (Å²) in [5, 5.41) is 4.78. The van der Waals surface area contributed by atoms with Crippen LogP contribution in [0.25, 0.3) is 5.69 Å². The number of hydrogen-bond donors (Lipinski definition) is 1. The van der Waals surface area contributed by atoms with E-state index in [4.69, 9.17) is 21.1 Å². The van der Waals surface area contributed by atoms with Gasteiger partial charge in [0.05, 0.1) is 24.6 Å². The van der Waals surface area contributed by atoms with E-state index in [1.807, 2.05) is 83.7 Å². The first-order chi connectivity index (χ1) is 16.2. The zero-order valence-electron chi connectivity index (χ0n) is 17.9. The topological polar surface area (TPSA) is 64.8 Å². The normalized spacial score (nSPS) is 10.8. The van der Waals surface area contributed by atoms with Crippen molar-refractivity contribution in [3.63, 3.8) is 0 Å². The molecule has 166 valence electrons. The maximum Gasteiger partial charge on any atom is 0.273 e. The van der Waals surface area contributed by atoms with E-state index >= 15 is 0 Å². The number of nitrogens with zero attached hydrogens (tertiary/aromatic N) is 2. The Morgan fingerprint density at radius 1 is 1.00 bits per heavy atom. The number of ether oxygens (including phenoxy) is 2. The average Bonchev–Trinajstić information content (AvgIpc) is 3.39. The van der Waals surface area contributed by atoms with Crippen LogP contribution < -0.4 is 14.9 Å². The second kappa shape index (κ2) is 10.5. The molecule has 0 aliphatic rings. The van der Waals surface area contributed by atoms with Crippen LogP contribution in [0.3, 0.4) is 0 Å². The van der Waals surface area contributed by atoms with Gasteiger partial charge in [-0.05, 0) is 42.5 Å². The van der Waals surface area contributed by atoms with Crippen molar-refractivity contribution in [2.24, 2.45) is 5.10 Å². The molecule has 4 aromatic rings. The molecule has 1 N–H and O–H groups in total. The van der Waals surface area contributed by atoms with E-state index in [1.54, 1.807) is 19.2 Å². The van der Waals surface area contributed by atoms with Crippen LogP contribution in [0.1, 0.15) is 21.5 Å². The van der Waals surface area contributed by atoms with Crippen LogP contribution in [-0.4, -0.2) is 23.8 Å². The van der Waals surface area contributed by atoms with Crippen molar-refractivity contribution in [2.75, 3.05) is 7.11 Å². The summed E-state index contributed by atoms with van der Waals surface area (Å²) in [6.07, 6.45) is 5.29. The average molecular weight is 460 g/mol. The minimum atomic E-state index is -0.322. The molecule has 33 heavy (non-hydrogen) atoms. The Hall–Kier alpha value is -4.03. The van der Waals surface area contributed by atoms with Crippen LogP contribution in [0.2, 0.25) is 5.02 Å². The fraction of sp³-hybridized carbons (Fsp3) is 0.0769. The number of para-hydroxylation sites is 2. The number of methoxy groups -OCH3 is 1. The van der Waals surface area contributed by atoms with Crippen molar-refractivity contribution >= 4 is 23.7 Å². The number of nitrogens with one attached hydrogen (secondary N) is 1. The van der Waals surface area contributed by atoms with Gasteiger partial charge in [0.2, 0.25) is 0 Å². The third kappa shape index (κ3) is 5.25. The van der Waals surface area contributed by atoms with E-state index in [0.717, 1.165) is 11.3 Å². The maximum atomic E-state index is 12.8. The molecule has 0 atom stereocenters. The Labute approximate surface area is 197 Å². The van der Waals surface area contributed by atoms with E-state index in [1.165, 1.54) is 6.21 Å². The van der Waals surface area contributed by atoms with Crippen molar-refractivity contribution in [2.45, 2.75) is 6.61 Å². The summed E-state index contributed by atoms with van der Waals surface area (Å²) in [5.41, 5.74) is 5.37. The third-order valence-corrected chi connectivity index (χ3v) is 5.33. The summed E-state index contributed by atoms with van der Waals surface area (Å²) in [7, 11) is 1.57. The molecule has 0 unspecified atom stereocenters. The fourth-order valence-corrected chi connectivity index (χ4v) is 3.51. The first kappa shape index (κ1) is 22.2. The van der Waals surface area contributed by atoms with Gasteiger partial charge in [-0.1, -0.05) is 48.0 Å². The van der Waals surface area contributed by atoms with Crippen LogP contribution in [0.5, 0.6) is 11.5 Å². The highest BCUT2D eigenvalue weighted by atomic mass is 35.5. The molecule has 0 saturated carbocycles. The van der Waals surface area contributed by atoms with Gasteiger partial charge in [-0.2, -0.15) is 5.10 Å². The second-order valence-corrected chi connectivity index (χ2v) is 7.47. The van der Waals surface area contributed by atoms with Crippen LogP contribution in [0.15, 0.2) is 96.4 Å². The third-order valence-electron chi connectivity index (χ3n) is 4.96. The van der Waals surface area contributed by atoms with Crippen LogP contribution in [0.4, 0.5) is 0 Å². The van der Waals surface area contributed by atoms with Gasteiger partial charge in [-0.3, -0.25) is 4.79 Å². The summed E-state index contributed by atoms with van der Waals surface area (Å²) in [6, 6.07) is 24.1. The van der Waals surface area contributed by atoms with Crippen molar-refractivity contribution in [3.8, 4) is 17.2 Å². The summed E-state index contributed by atoms with van der Waals surface area (Å²) in [4.78, 5) is 12.8. The van der Waals surface area contributed by atoms with Gasteiger partial charge >= 0.3 is 0 Å². The Bertz CT molecular complexity index is 1270. The number of carbonyl (C=O) groups is 1. The number of amides is 1. The molecule has 0 fully saturated rings. The molecule has 0 spiro atoms. The Morgan fingerprint density at radius 2 is 1.76 bits per heavy atom. The molecular weight excluding hydrogens is 438 g/mol. The van der Waals surface area contributed by atoms with Crippen LogP contribution in [-0.2, 0) is 6.61 Å². The minimum absolute atomic E-state index is 0.261. The largest absolute Gasteiger partial charge is 0.493 e. The van der Waals surface area contributed by atoms with Gasteiger partial charge in [0.1, 0.15) is 6.61 Å². The number of hydrogen-bond acceptors (Lipinski definition) is 4. The molecule has 4 rings (SSSR count). The minimum Gasteiger partial charge on any atom is -0.493 e. The predicted molar refractivity (Wildman–Crippen MR) is 130 cm³/mol. The summed E-state index contributed by atoms with van der Waals surface area (Å²) < 4.78 is 13.3. The standard InChI is InChI=1S/C26H22ClN3O3/c1-32-24-14-8-10-19(25(24)33-18-20-9-2-4-12-22(20)27)17-28-29-26(31)21-11-3-5-13-23(21)30-15-6-7-16-30/h2-17H,18H2,1H3,(H,29,31)/b28-17-. The van der Waals surface area contributed by atoms with Crippen molar-refractivity contribution in [1.29, 1.82) is 0 Å². The Balaban J connectivity index is 1.52. The molecule has 3 aromatic carbocycles. The lowest BCUT2D eigenvalue weighted by molar-refractivity contribution is 0.0955. The van der Waals surface area contributed by atoms with Crippen molar-refractivity contribution in [1.82, 2.24) is 9.99 Å². The van der Waals surface area contributed by atoms with Gasteiger partial charge < -0.3 is 14.0 Å². The lowest BCUT2D eigenvalue weighted by Crippen LogP contribution is -2.19. The molecule has 1 heterocycles. The lowest BCUT2D eigenvalue weighted by Gasteiger charge is -2.14. The second-order valence-electron chi connectivity index (χ2n) is 7.07. The zero-order valence-corrected chi connectivity index (χ0v) is 18.7. The SMILES string of the molecule is COc1cccc(/C=N\NC(=O)c2ccccc2-n2cccc2)c1OCc1ccccc1Cl. The van der Waals surface area contributed by atoms with E-state index in [9.17, 15) is 4.79 Å². The molecule has 0 radical (unpaired) electrons. The first-order valence-electron chi connectivity index (χ1n) is 10.3. The molecule has 7 heteroatoms. The molecule has 0 aliphatic heterocycles. The molecular formula is C26H22ClN3O3. The Kier molecular flexibility index (Phi) is 7.07. The smallest absolute Gasteiger partial charge is 0.273 e. The highest BCUT2D eigenvalue weighted by molar-refractivity contribution is 6.31. The highest BCUT2D eigenvalue weighted by Crippen LogP contribution is 2.31. The van der Waals surface area contributed by atoms with Crippen LogP contribution >= 0.6 is 11.6 Å². The summed E-state index contributed by atoms with van der Waals surface area (Å²) >= 11 is 6.24. The van der Waals surface area contributed by atoms with Gasteiger partial charge in [0, 0.05) is 28.5 Å². The maximum absolute atomic E-state index is 12.8. The van der Waals surface area contributed by atoms with E-state index in [-0.39, 0.29) is 12.5 Å². The van der Waals surface area contributed by atoms with Gasteiger partial charge in [-0.25, -0.2) is 5.43 Å². The van der Waals surface area contributed by atoms with E-state index in [0.29, 0.717) is 27.6 Å². The van der Waals surface area contributed by atoms with Crippen molar-refractivity contribution < 1.29 is 14.3 Å². The number of halogens is 1. The van der Waals surface area contributed by atoms with Crippen LogP contribution in [0, 0.1) is 0 Å². The number of rotatable bonds is 8. The first-order valence-corrected chi connectivity index (χ1v) is 10.6. The number of hydrazone groups is 1. The lowest BCUT2D eigenvalue weighted by atomic mass is 10.1. The summed E-state index contributed by atoms with van der Waals surface area (Å²) in [6.45, 7) is 0.261. The van der Waals surface area contributed by atoms with E-state index < -0.39 is 0 Å². The molecule has 0 bridgehead atoms. The fourth-order valence-electron chi connectivity index (χ4n) is 3.32. The Morgan fingerprint density at radius 3 is 2.55 bits per heavy atom. The molecule has 1 aromatic heterocycles. The summed E-state index contributed by atoms with van der Waals surface area (Å²) in [5.74, 6) is 0.734. The number of benzene rings is 3. The number of aromatic nitrogens is 1. The quantitative estimate of drug-likeness (QED) is 0.280. The molecule has 1 amide bonds. The number of carbonyl (C=O) groups excluding carboxylic acids is 1. The highest BCUT2D eigenvalue weighted by Gasteiger charge is 2.13. The molecule has 0 aliphatic carbocycles. The van der Waals surface area contributed by atoms with E-state index in [2.05, 4.69) is 10.5 Å². The van der Waals surface area contributed by atoms with Crippen molar-refractivity contribution in [3.05, 3.63) is 113 Å². The van der Waals surface area contributed by atoms with Gasteiger partial charge in [0.25, 0.3) is 5.91 Å². The predicted octanol–water partition coefficient (Wildman–Crippen LogP) is 5.48. The monoisotopic (exact) mass is 459 g/mol. The zero-order chi connectivity index (χ0) is 23.0.